The molecule has 0 atom stereocenters. The molecule has 0 amide bonds. The zero-order chi connectivity index (χ0) is 12.3. The maximum atomic E-state index is 10.1. The van der Waals surface area contributed by atoms with Crippen molar-refractivity contribution in [3.63, 3.8) is 0 Å². The Hall–Kier alpha value is -1.38. The second kappa shape index (κ2) is 10.7. The van der Waals surface area contributed by atoms with Crippen molar-refractivity contribution in [3.05, 3.63) is 23.3 Å². The molecule has 0 unspecified atom stereocenters. The molecule has 3 heteroatoms. The van der Waals surface area contributed by atoms with E-state index in [1.54, 1.807) is 13.0 Å². The average molecular weight is 212 g/mol. The predicted octanol–water partition coefficient (Wildman–Crippen LogP) is 2.97. The molecule has 0 radical (unpaired) electrons. The number of aldehydes is 1. The summed E-state index contributed by atoms with van der Waals surface area (Å²) in [5, 5.41) is 8.30. The third-order valence-electron chi connectivity index (χ3n) is 1.93. The summed E-state index contributed by atoms with van der Waals surface area (Å²) in [6.45, 7) is 7.38. The van der Waals surface area contributed by atoms with Crippen molar-refractivity contribution in [2.75, 3.05) is 0 Å². The summed E-state index contributed by atoms with van der Waals surface area (Å²) in [7, 11) is 0. The quantitative estimate of drug-likeness (QED) is 0.575. The molecule has 0 saturated carbocycles. The van der Waals surface area contributed by atoms with Gasteiger partial charge in [-0.1, -0.05) is 26.0 Å². The van der Waals surface area contributed by atoms with Gasteiger partial charge in [0.05, 0.1) is 0 Å². The van der Waals surface area contributed by atoms with Crippen LogP contribution >= 0.6 is 0 Å². The van der Waals surface area contributed by atoms with Gasteiger partial charge in [-0.3, -0.25) is 4.79 Å². The second-order valence-corrected chi connectivity index (χ2v) is 2.81. The molecule has 0 aromatic carbocycles. The highest BCUT2D eigenvalue weighted by atomic mass is 16.4. The third kappa shape index (κ3) is 8.94. The Labute approximate surface area is 91.5 Å². The first-order valence-electron chi connectivity index (χ1n) is 5.06. The molecule has 0 saturated heterocycles. The number of hydrogen-bond acceptors (Lipinski definition) is 2. The van der Waals surface area contributed by atoms with Crippen molar-refractivity contribution >= 4 is 12.3 Å². The van der Waals surface area contributed by atoms with Crippen LogP contribution in [0.3, 0.4) is 0 Å². The highest BCUT2D eigenvalue weighted by Crippen LogP contribution is 1.97. The fraction of sp³-hybridized carbons (Fsp3) is 0.500. The number of carboxylic acids is 1. The molecule has 0 spiro atoms. The van der Waals surface area contributed by atoms with Crippen LogP contribution in [0.1, 0.15) is 40.5 Å². The maximum absolute atomic E-state index is 10.1. The SMILES string of the molecule is C/C=C(/C=O)CC.C/C=C(\CC)C(=O)O. The van der Waals surface area contributed by atoms with Crippen molar-refractivity contribution in [3.8, 4) is 0 Å². The van der Waals surface area contributed by atoms with Gasteiger partial charge in [0.25, 0.3) is 0 Å². The van der Waals surface area contributed by atoms with Gasteiger partial charge in [-0.05, 0) is 32.3 Å². The van der Waals surface area contributed by atoms with Gasteiger partial charge < -0.3 is 5.11 Å². The van der Waals surface area contributed by atoms with E-state index < -0.39 is 5.97 Å². The van der Waals surface area contributed by atoms with Crippen molar-refractivity contribution in [1.82, 2.24) is 0 Å². The molecule has 3 nitrogen and oxygen atoms in total. The number of carbonyl (C=O) groups is 2. The van der Waals surface area contributed by atoms with Gasteiger partial charge in [0, 0.05) is 5.57 Å². The van der Waals surface area contributed by atoms with E-state index in [0.717, 1.165) is 18.3 Å². The average Bonchev–Trinajstić information content (AvgIpc) is 2.22. The largest absolute Gasteiger partial charge is 0.478 e. The fourth-order valence-corrected chi connectivity index (χ4v) is 0.834. The summed E-state index contributed by atoms with van der Waals surface area (Å²) in [5.74, 6) is -0.810. The number of carboxylic acid groups (broad SMARTS) is 1. The maximum Gasteiger partial charge on any atom is 0.331 e. The Morgan fingerprint density at radius 1 is 1.13 bits per heavy atom. The van der Waals surface area contributed by atoms with E-state index in [0.29, 0.717) is 12.0 Å². The van der Waals surface area contributed by atoms with Crippen molar-refractivity contribution in [2.45, 2.75) is 40.5 Å². The summed E-state index contributed by atoms with van der Waals surface area (Å²) in [5.41, 5.74) is 1.35. The molecule has 0 aromatic heterocycles. The number of allylic oxidation sites excluding steroid dienone is 3. The number of hydrogen-bond donors (Lipinski definition) is 1. The highest BCUT2D eigenvalue weighted by Gasteiger charge is 1.99. The van der Waals surface area contributed by atoms with E-state index in [2.05, 4.69) is 0 Å². The molecule has 0 fully saturated rings. The van der Waals surface area contributed by atoms with Gasteiger partial charge >= 0.3 is 5.97 Å². The minimum Gasteiger partial charge on any atom is -0.478 e. The lowest BCUT2D eigenvalue weighted by molar-refractivity contribution is -0.132. The van der Waals surface area contributed by atoms with Gasteiger partial charge in [0.2, 0.25) is 0 Å². The minimum atomic E-state index is -0.810. The van der Waals surface area contributed by atoms with Crippen molar-refractivity contribution in [2.24, 2.45) is 0 Å². The van der Waals surface area contributed by atoms with Gasteiger partial charge in [-0.2, -0.15) is 0 Å². The van der Waals surface area contributed by atoms with E-state index in [1.165, 1.54) is 0 Å². The first kappa shape index (κ1) is 16.1. The Balaban J connectivity index is 0. The Morgan fingerprint density at radius 3 is 1.67 bits per heavy atom. The summed E-state index contributed by atoms with van der Waals surface area (Å²) in [6, 6.07) is 0. The summed E-state index contributed by atoms with van der Waals surface area (Å²) < 4.78 is 0. The number of rotatable bonds is 4. The lowest BCUT2D eigenvalue weighted by atomic mass is 10.2. The lowest BCUT2D eigenvalue weighted by Gasteiger charge is -1.91. The topological polar surface area (TPSA) is 54.4 Å². The van der Waals surface area contributed by atoms with E-state index in [1.807, 2.05) is 26.8 Å². The smallest absolute Gasteiger partial charge is 0.331 e. The van der Waals surface area contributed by atoms with E-state index in [4.69, 9.17) is 5.11 Å². The summed E-state index contributed by atoms with van der Waals surface area (Å²) in [4.78, 5) is 20.0. The van der Waals surface area contributed by atoms with Crippen LogP contribution in [-0.2, 0) is 9.59 Å². The van der Waals surface area contributed by atoms with E-state index >= 15 is 0 Å². The lowest BCUT2D eigenvalue weighted by Crippen LogP contribution is -1.97. The Bertz CT molecular complexity index is 250. The molecule has 0 aromatic rings. The summed E-state index contributed by atoms with van der Waals surface area (Å²) >= 11 is 0. The van der Waals surface area contributed by atoms with Gasteiger partial charge in [0.1, 0.15) is 6.29 Å². The van der Waals surface area contributed by atoms with Crippen molar-refractivity contribution < 1.29 is 14.7 Å². The molecule has 0 rings (SSSR count). The van der Waals surface area contributed by atoms with E-state index in [-0.39, 0.29) is 0 Å². The standard InChI is InChI=1S/C6H10O2.C6H10O/c1-3-5(4-2)6(7)8;1-3-6(4-2)5-7/h3H,4H2,1-2H3,(H,7,8);3,5H,4H2,1-2H3/b5-3+;6-3+. The van der Waals surface area contributed by atoms with Crippen LogP contribution < -0.4 is 0 Å². The molecular formula is C12H20O3. The molecule has 1 N–H and O–H groups in total. The van der Waals surface area contributed by atoms with Gasteiger partial charge in [-0.25, -0.2) is 4.79 Å². The molecule has 0 aliphatic rings. The zero-order valence-electron chi connectivity index (χ0n) is 9.91. The molecule has 0 aliphatic heterocycles. The van der Waals surface area contributed by atoms with Crippen LogP contribution in [-0.4, -0.2) is 17.4 Å². The fourth-order valence-electron chi connectivity index (χ4n) is 0.834. The van der Waals surface area contributed by atoms with Gasteiger partial charge in [-0.15, -0.1) is 0 Å². The van der Waals surface area contributed by atoms with Crippen LogP contribution in [0.15, 0.2) is 23.3 Å². The van der Waals surface area contributed by atoms with Crippen LogP contribution in [0.25, 0.3) is 0 Å². The van der Waals surface area contributed by atoms with Crippen LogP contribution in [0, 0.1) is 0 Å². The van der Waals surface area contributed by atoms with Crippen LogP contribution in [0.5, 0.6) is 0 Å². The third-order valence-corrected chi connectivity index (χ3v) is 1.93. The first-order chi connectivity index (χ1) is 7.06. The number of carbonyl (C=O) groups excluding carboxylic acids is 1. The summed E-state index contributed by atoms with van der Waals surface area (Å²) in [6.07, 6.45) is 5.78. The monoisotopic (exact) mass is 212 g/mol. The Morgan fingerprint density at radius 2 is 1.67 bits per heavy atom. The zero-order valence-corrected chi connectivity index (χ0v) is 9.91. The van der Waals surface area contributed by atoms with E-state index in [9.17, 15) is 9.59 Å². The normalized spacial score (nSPS) is 11.5. The molecule has 0 bridgehead atoms. The minimum absolute atomic E-state index is 0.477. The first-order valence-corrected chi connectivity index (χ1v) is 5.06. The molecule has 86 valence electrons. The molecule has 15 heavy (non-hydrogen) atoms. The molecule has 0 heterocycles. The Kier molecular flexibility index (Phi) is 11.5. The highest BCUT2D eigenvalue weighted by molar-refractivity contribution is 5.86. The van der Waals surface area contributed by atoms with Crippen molar-refractivity contribution in [1.29, 1.82) is 0 Å². The molecular weight excluding hydrogens is 192 g/mol. The van der Waals surface area contributed by atoms with Gasteiger partial charge in [0.15, 0.2) is 0 Å². The second-order valence-electron chi connectivity index (χ2n) is 2.81. The van der Waals surface area contributed by atoms with Crippen LogP contribution in [0.4, 0.5) is 0 Å². The predicted molar refractivity (Wildman–Crippen MR) is 61.8 cm³/mol. The number of aliphatic carboxylic acids is 1. The molecule has 0 aliphatic carbocycles. The van der Waals surface area contributed by atoms with Crippen LogP contribution in [0.2, 0.25) is 0 Å².